The molecule has 5 rings (SSSR count). The van der Waals surface area contributed by atoms with E-state index in [0.717, 1.165) is 36.2 Å². The van der Waals surface area contributed by atoms with Gasteiger partial charge in [0, 0.05) is 19.6 Å². The summed E-state index contributed by atoms with van der Waals surface area (Å²) in [5.41, 5.74) is 1.73. The standard InChI is InChI=1S/C28H30ClN3O7S3/c29-23-11-10-21(41(35,36)31-13-4-1-5-14-31)17-24(23)30-26(33)19-39-27(34)18-25-22-8-3-2-7-20(22)12-15-32(25)42(37,38)28-9-6-16-40-28/h2-3,6-11,16-17,25H,1,4-5,12-15,18-19H2,(H,30,33)/t25-/m0/s1. The summed E-state index contributed by atoms with van der Waals surface area (Å²) >= 11 is 7.33. The molecule has 1 aromatic heterocycles. The van der Waals surface area contributed by atoms with E-state index in [-0.39, 0.29) is 32.8 Å². The van der Waals surface area contributed by atoms with Crippen molar-refractivity contribution in [1.82, 2.24) is 8.61 Å². The third-order valence-electron chi connectivity index (χ3n) is 7.31. The minimum absolute atomic E-state index is 0.00380. The molecule has 2 aliphatic heterocycles. The van der Waals surface area contributed by atoms with Crippen LogP contribution in [0.15, 0.2) is 69.1 Å². The van der Waals surface area contributed by atoms with E-state index in [1.165, 1.54) is 32.9 Å². The van der Waals surface area contributed by atoms with Gasteiger partial charge in [-0.25, -0.2) is 16.8 Å². The Morgan fingerprint density at radius 2 is 1.71 bits per heavy atom. The summed E-state index contributed by atoms with van der Waals surface area (Å²) < 4.78 is 61.1. The van der Waals surface area contributed by atoms with Gasteiger partial charge in [-0.05, 0) is 60.0 Å². The van der Waals surface area contributed by atoms with Crippen LogP contribution in [0.2, 0.25) is 5.02 Å². The highest BCUT2D eigenvalue weighted by Crippen LogP contribution is 2.37. The molecule has 0 saturated carbocycles. The summed E-state index contributed by atoms with van der Waals surface area (Å²) in [7, 11) is -7.61. The van der Waals surface area contributed by atoms with E-state index in [1.807, 2.05) is 12.1 Å². The zero-order valence-corrected chi connectivity index (χ0v) is 25.8. The number of hydrogen-bond acceptors (Lipinski definition) is 8. The number of fused-ring (bicyclic) bond motifs is 1. The van der Waals surface area contributed by atoms with Crippen molar-refractivity contribution in [2.75, 3.05) is 31.6 Å². The fourth-order valence-corrected chi connectivity index (χ4v) is 9.65. The van der Waals surface area contributed by atoms with Crippen LogP contribution < -0.4 is 5.32 Å². The molecule has 3 aromatic rings. The second-order valence-corrected chi connectivity index (χ2v) is 15.4. The smallest absolute Gasteiger partial charge is 0.308 e. The molecule has 10 nitrogen and oxygen atoms in total. The lowest BCUT2D eigenvalue weighted by molar-refractivity contribution is -0.148. The summed E-state index contributed by atoms with van der Waals surface area (Å²) in [6.07, 6.45) is 2.75. The van der Waals surface area contributed by atoms with Crippen molar-refractivity contribution in [3.8, 4) is 0 Å². The molecule has 0 unspecified atom stereocenters. The van der Waals surface area contributed by atoms with Crippen LogP contribution in [0, 0.1) is 0 Å². The van der Waals surface area contributed by atoms with Crippen molar-refractivity contribution >= 4 is 60.5 Å². The first kappa shape index (κ1) is 30.6. The van der Waals surface area contributed by atoms with Gasteiger partial charge in [0.15, 0.2) is 6.61 Å². The largest absolute Gasteiger partial charge is 0.456 e. The van der Waals surface area contributed by atoms with Gasteiger partial charge in [0.25, 0.3) is 15.9 Å². The van der Waals surface area contributed by atoms with Gasteiger partial charge in [0.05, 0.1) is 28.1 Å². The van der Waals surface area contributed by atoms with E-state index in [9.17, 15) is 26.4 Å². The minimum atomic E-state index is -3.86. The lowest BCUT2D eigenvalue weighted by Gasteiger charge is -2.35. The first-order valence-electron chi connectivity index (χ1n) is 13.5. The Bertz CT molecular complexity index is 1670. The number of nitrogens with zero attached hydrogens (tertiary/aromatic N) is 2. The van der Waals surface area contributed by atoms with Gasteiger partial charge < -0.3 is 10.1 Å². The van der Waals surface area contributed by atoms with E-state index < -0.39 is 44.6 Å². The van der Waals surface area contributed by atoms with Gasteiger partial charge in [-0.2, -0.15) is 8.61 Å². The molecule has 1 atom stereocenters. The number of halogens is 1. The number of carbonyl (C=O) groups excluding carboxylic acids is 2. The maximum absolute atomic E-state index is 13.4. The molecular weight excluding hydrogens is 622 g/mol. The first-order chi connectivity index (χ1) is 20.1. The number of carbonyl (C=O) groups is 2. The monoisotopic (exact) mass is 651 g/mol. The molecule has 0 bridgehead atoms. The third-order valence-corrected chi connectivity index (χ3v) is 12.8. The van der Waals surface area contributed by atoms with Crippen molar-refractivity contribution < 1.29 is 31.2 Å². The molecule has 14 heteroatoms. The van der Waals surface area contributed by atoms with Crippen molar-refractivity contribution in [1.29, 1.82) is 0 Å². The summed E-state index contributed by atoms with van der Waals surface area (Å²) in [5.74, 6) is -1.48. The average molecular weight is 652 g/mol. The number of piperidine rings is 1. The normalized spacial score (nSPS) is 18.3. The van der Waals surface area contributed by atoms with E-state index in [0.29, 0.717) is 25.1 Å². The van der Waals surface area contributed by atoms with Crippen LogP contribution >= 0.6 is 22.9 Å². The number of esters is 1. The Morgan fingerprint density at radius 3 is 2.45 bits per heavy atom. The number of rotatable bonds is 9. The molecule has 0 spiro atoms. The molecule has 1 amide bonds. The van der Waals surface area contributed by atoms with Crippen molar-refractivity contribution in [3.63, 3.8) is 0 Å². The zero-order valence-electron chi connectivity index (χ0n) is 22.6. The van der Waals surface area contributed by atoms with Crippen LogP contribution in [0.3, 0.4) is 0 Å². The van der Waals surface area contributed by atoms with Gasteiger partial charge in [0.2, 0.25) is 10.0 Å². The fraction of sp³-hybridized carbons (Fsp3) is 0.357. The molecule has 42 heavy (non-hydrogen) atoms. The molecule has 0 aliphatic carbocycles. The van der Waals surface area contributed by atoms with Gasteiger partial charge in [-0.3, -0.25) is 9.59 Å². The van der Waals surface area contributed by atoms with Crippen LogP contribution in [-0.2, 0) is 40.8 Å². The van der Waals surface area contributed by atoms with Crippen molar-refractivity contribution in [2.24, 2.45) is 0 Å². The first-order valence-corrected chi connectivity index (χ1v) is 17.6. The highest BCUT2D eigenvalue weighted by atomic mass is 35.5. The maximum Gasteiger partial charge on any atom is 0.308 e. The molecule has 3 heterocycles. The molecular formula is C28H30ClN3O7S3. The lowest BCUT2D eigenvalue weighted by Crippen LogP contribution is -2.41. The summed E-state index contributed by atoms with van der Waals surface area (Å²) in [6, 6.07) is 13.8. The highest BCUT2D eigenvalue weighted by Gasteiger charge is 2.38. The average Bonchev–Trinajstić information content (AvgIpc) is 3.54. The Kier molecular flexibility index (Phi) is 9.35. The molecule has 1 fully saturated rings. The quantitative estimate of drug-likeness (QED) is 0.339. The van der Waals surface area contributed by atoms with E-state index >= 15 is 0 Å². The molecule has 2 aliphatic rings. The highest BCUT2D eigenvalue weighted by molar-refractivity contribution is 7.91. The molecule has 1 saturated heterocycles. The number of nitrogens with one attached hydrogen (secondary N) is 1. The van der Waals surface area contributed by atoms with Gasteiger partial charge >= 0.3 is 5.97 Å². The summed E-state index contributed by atoms with van der Waals surface area (Å²) in [6.45, 7) is 0.398. The van der Waals surface area contributed by atoms with Gasteiger partial charge in [-0.1, -0.05) is 48.4 Å². The number of hydrogen-bond donors (Lipinski definition) is 1. The molecule has 224 valence electrons. The number of ether oxygens (including phenoxy) is 1. The van der Waals surface area contributed by atoms with Gasteiger partial charge in [-0.15, -0.1) is 11.3 Å². The Morgan fingerprint density at radius 1 is 0.952 bits per heavy atom. The predicted octanol–water partition coefficient (Wildman–Crippen LogP) is 4.44. The predicted molar refractivity (Wildman–Crippen MR) is 159 cm³/mol. The number of amides is 1. The lowest BCUT2D eigenvalue weighted by atomic mass is 9.92. The van der Waals surface area contributed by atoms with Crippen LogP contribution in [0.4, 0.5) is 5.69 Å². The zero-order chi connectivity index (χ0) is 29.9. The van der Waals surface area contributed by atoms with Crippen LogP contribution in [0.5, 0.6) is 0 Å². The topological polar surface area (TPSA) is 130 Å². The number of benzene rings is 2. The summed E-state index contributed by atoms with van der Waals surface area (Å²) in [4.78, 5) is 25.6. The van der Waals surface area contributed by atoms with E-state index in [4.69, 9.17) is 16.3 Å². The second-order valence-electron chi connectivity index (χ2n) is 10.0. The van der Waals surface area contributed by atoms with Crippen LogP contribution in [0.1, 0.15) is 42.9 Å². The number of anilines is 1. The SMILES string of the molecule is O=C(COC(=O)C[C@H]1c2ccccc2CCN1S(=O)(=O)c1cccs1)Nc1cc(S(=O)(=O)N2CCCCC2)ccc1Cl. The van der Waals surface area contributed by atoms with E-state index in [2.05, 4.69) is 5.32 Å². The molecule has 0 radical (unpaired) electrons. The third kappa shape index (κ3) is 6.56. The Labute approximate surface area is 254 Å². The van der Waals surface area contributed by atoms with Crippen molar-refractivity contribution in [2.45, 2.75) is 47.3 Å². The van der Waals surface area contributed by atoms with Crippen LogP contribution in [-0.4, -0.2) is 63.6 Å². The summed E-state index contributed by atoms with van der Waals surface area (Å²) in [5, 5.41) is 4.32. The maximum atomic E-state index is 13.4. The van der Waals surface area contributed by atoms with Gasteiger partial charge in [0.1, 0.15) is 4.21 Å². The molecule has 1 N–H and O–H groups in total. The minimum Gasteiger partial charge on any atom is -0.456 e. The second kappa shape index (κ2) is 12.8. The van der Waals surface area contributed by atoms with E-state index in [1.54, 1.807) is 23.6 Å². The van der Waals surface area contributed by atoms with Crippen molar-refractivity contribution in [3.05, 3.63) is 76.1 Å². The Balaban J connectivity index is 1.26. The Hall–Kier alpha value is -2.81. The van der Waals surface area contributed by atoms with Crippen LogP contribution in [0.25, 0.3) is 0 Å². The molecule has 2 aromatic carbocycles. The number of thiophene rings is 1. The fourth-order valence-electron chi connectivity index (χ4n) is 5.22. The number of sulfonamides is 2.